The Hall–Kier alpha value is -8.67. The van der Waals surface area contributed by atoms with E-state index >= 15 is 0 Å². The van der Waals surface area contributed by atoms with Crippen molar-refractivity contribution < 1.29 is 9.90 Å². The molecule has 13 rings (SSSR count). The molecule has 0 aliphatic rings. The summed E-state index contributed by atoms with van der Waals surface area (Å²) < 4.78 is 47.6. The first-order valence-electron chi connectivity index (χ1n) is 23.3. The van der Waals surface area contributed by atoms with Crippen LogP contribution in [0.5, 0.6) is 0 Å². The first kappa shape index (κ1) is 32.1. The fourth-order valence-electron chi connectivity index (χ4n) is 9.31. The van der Waals surface area contributed by atoms with E-state index < -0.39 is 0 Å². The van der Waals surface area contributed by atoms with Gasteiger partial charge in [0.1, 0.15) is 11.2 Å². The molecular weight excluding hydrogens is 781 g/mol. The van der Waals surface area contributed by atoms with Crippen LogP contribution in [0.1, 0.15) is 5.48 Å². The number of nitrogens with zero attached hydrogens (tertiary/aromatic N) is 4. The fourth-order valence-corrected chi connectivity index (χ4v) is 9.31. The molecule has 5 nitrogen and oxygen atoms in total. The van der Waals surface area contributed by atoms with Crippen LogP contribution in [0.25, 0.3) is 127 Å². The number of hydrogen-bond acceptors (Lipinski definition) is 4. The molecule has 3 aromatic heterocycles. The van der Waals surface area contributed by atoms with Crippen molar-refractivity contribution >= 4 is 65.3 Å². The van der Waals surface area contributed by atoms with Crippen molar-refractivity contribution in [2.24, 2.45) is 0 Å². The van der Waals surface area contributed by atoms with Crippen LogP contribution in [0, 0.1) is 0 Å². The fraction of sp³-hybridized carbons (Fsp3) is 0. The summed E-state index contributed by atoms with van der Waals surface area (Å²) in [5.74, 6) is 0.578. The van der Waals surface area contributed by atoms with Gasteiger partial charge in [-0.25, -0.2) is 15.0 Å². The van der Waals surface area contributed by atoms with Crippen LogP contribution in [0.3, 0.4) is 0 Å². The molecule has 5 heteroatoms. The zero-order chi connectivity index (χ0) is 45.6. The van der Waals surface area contributed by atoms with Gasteiger partial charge in [0.2, 0.25) is 0 Å². The highest BCUT2D eigenvalue weighted by Crippen LogP contribution is 2.42. The van der Waals surface area contributed by atoms with Gasteiger partial charge in [-0.1, -0.05) is 176 Å². The van der Waals surface area contributed by atoms with Crippen LogP contribution in [-0.4, -0.2) is 19.5 Å². The Labute approximate surface area is 373 Å². The first-order valence-corrected chi connectivity index (χ1v) is 21.3. The van der Waals surface area contributed by atoms with Crippen LogP contribution in [-0.2, 0) is 0 Å². The van der Waals surface area contributed by atoms with Gasteiger partial charge in [-0.05, 0) is 86.3 Å². The van der Waals surface area contributed by atoms with Gasteiger partial charge in [-0.2, -0.15) is 0 Å². The number of para-hydroxylation sites is 2. The lowest BCUT2D eigenvalue weighted by molar-refractivity contribution is 0.669. The lowest BCUT2D eigenvalue weighted by atomic mass is 9.93. The topological polar surface area (TPSA) is 56.7 Å². The summed E-state index contributed by atoms with van der Waals surface area (Å²) in [5, 5.41) is 7.78. The van der Waals surface area contributed by atoms with Gasteiger partial charge in [0.05, 0.1) is 22.1 Å². The first-order chi connectivity index (χ1) is 33.4. The number of rotatable bonds is 6. The minimum atomic E-state index is -0.254. The van der Waals surface area contributed by atoms with Gasteiger partial charge in [0, 0.05) is 38.4 Å². The summed E-state index contributed by atoms with van der Waals surface area (Å²) in [6.07, 6.45) is 0. The van der Waals surface area contributed by atoms with Gasteiger partial charge in [0.25, 0.3) is 0 Å². The molecule has 3 heterocycles. The molecule has 64 heavy (non-hydrogen) atoms. The lowest BCUT2D eigenvalue weighted by Crippen LogP contribution is -2.01. The largest absolute Gasteiger partial charge is 0.455 e. The van der Waals surface area contributed by atoms with Gasteiger partial charge < -0.3 is 8.98 Å². The van der Waals surface area contributed by atoms with Crippen molar-refractivity contribution in [3.63, 3.8) is 0 Å². The van der Waals surface area contributed by atoms with E-state index in [0.717, 1.165) is 70.9 Å². The maximum atomic E-state index is 9.65. The van der Waals surface area contributed by atoms with Gasteiger partial charge >= 0.3 is 0 Å². The van der Waals surface area contributed by atoms with Crippen LogP contribution >= 0.6 is 0 Å². The SMILES string of the molecule is [2H]c1c([2H])c(-c2cc3ccccc3c3ccccc23)c([2H])c([2H])c1-c1nc(-c2ccccc2)nc(-c2cc(-n3c4ccccc4c4ccccc43)cc3c2oc2ccc(-c4ccccc4)cc23)n1. The maximum absolute atomic E-state index is 9.65. The van der Waals surface area contributed by atoms with E-state index in [1.807, 2.05) is 121 Å². The van der Waals surface area contributed by atoms with E-state index in [4.69, 9.17) is 19.4 Å². The highest BCUT2D eigenvalue weighted by Gasteiger charge is 2.22. The molecule has 0 radical (unpaired) electrons. The van der Waals surface area contributed by atoms with E-state index in [1.54, 1.807) is 0 Å². The van der Waals surface area contributed by atoms with Gasteiger partial charge in [0.15, 0.2) is 17.5 Å². The third-order valence-electron chi connectivity index (χ3n) is 12.3. The molecule has 298 valence electrons. The second kappa shape index (κ2) is 14.5. The molecule has 0 atom stereocenters. The van der Waals surface area contributed by atoms with Crippen LogP contribution in [0.15, 0.2) is 223 Å². The third-order valence-corrected chi connectivity index (χ3v) is 12.3. The Morgan fingerprint density at radius 3 is 1.64 bits per heavy atom. The molecule has 0 saturated carbocycles. The molecular formula is C59H36N4O. The average molecular weight is 821 g/mol. The molecule has 0 N–H and O–H groups in total. The quantitative estimate of drug-likeness (QED) is 0.157. The second-order valence-corrected chi connectivity index (χ2v) is 16.0. The van der Waals surface area contributed by atoms with Crippen molar-refractivity contribution in [2.75, 3.05) is 0 Å². The molecule has 0 unspecified atom stereocenters. The van der Waals surface area contributed by atoms with E-state index in [-0.39, 0.29) is 46.9 Å². The van der Waals surface area contributed by atoms with Crippen molar-refractivity contribution in [2.45, 2.75) is 0 Å². The van der Waals surface area contributed by atoms with Gasteiger partial charge in [-0.3, -0.25) is 0 Å². The van der Waals surface area contributed by atoms with Crippen LogP contribution in [0.4, 0.5) is 0 Å². The molecule has 0 saturated heterocycles. The standard InChI is InChI=1S/C59H36N4O/c1-3-15-37(16-4-1)41-31-32-55-50(33-41)51-35-43(63-53-25-13-11-23-47(53)48-24-12-14-26-54(48)63)36-52(56(51)64-55)59-61-57(39-17-5-2-6-18-39)60-58(62-59)40-29-27-38(28-30-40)49-34-42-19-7-8-20-44(42)45-21-9-10-22-46(45)49/h1-36H/i27D,28D,29D,30D. The highest BCUT2D eigenvalue weighted by molar-refractivity contribution is 6.15. The van der Waals surface area contributed by atoms with Crippen molar-refractivity contribution in [1.82, 2.24) is 19.5 Å². The number of benzene rings is 10. The summed E-state index contributed by atoms with van der Waals surface area (Å²) in [6, 6.07) is 64.0. The van der Waals surface area contributed by atoms with E-state index in [9.17, 15) is 5.48 Å². The van der Waals surface area contributed by atoms with Crippen molar-refractivity contribution in [1.29, 1.82) is 0 Å². The van der Waals surface area contributed by atoms with E-state index in [0.29, 0.717) is 33.7 Å². The smallest absolute Gasteiger partial charge is 0.167 e. The number of aromatic nitrogens is 4. The Morgan fingerprint density at radius 1 is 0.359 bits per heavy atom. The summed E-state index contributed by atoms with van der Waals surface area (Å²) >= 11 is 0. The Kier molecular flexibility index (Phi) is 7.26. The summed E-state index contributed by atoms with van der Waals surface area (Å²) in [4.78, 5) is 15.2. The highest BCUT2D eigenvalue weighted by atomic mass is 16.3. The molecule has 13 aromatic rings. The predicted octanol–water partition coefficient (Wildman–Crippen LogP) is 15.5. The molecule has 0 spiro atoms. The average Bonchev–Trinajstić information content (AvgIpc) is 3.94. The number of hydrogen-bond donors (Lipinski definition) is 0. The van der Waals surface area contributed by atoms with E-state index in [2.05, 4.69) is 77.4 Å². The Morgan fingerprint density at radius 2 is 0.922 bits per heavy atom. The summed E-state index contributed by atoms with van der Waals surface area (Å²) in [7, 11) is 0. The molecule has 10 aromatic carbocycles. The predicted molar refractivity (Wildman–Crippen MR) is 264 cm³/mol. The van der Waals surface area contributed by atoms with E-state index in [1.165, 1.54) is 0 Å². The third kappa shape index (κ3) is 5.83. The number of furan rings is 1. The normalized spacial score (nSPS) is 12.6. The Balaban J connectivity index is 1.09. The summed E-state index contributed by atoms with van der Waals surface area (Å²) in [6.45, 7) is 0. The van der Waals surface area contributed by atoms with Crippen LogP contribution < -0.4 is 0 Å². The molecule has 0 amide bonds. The zero-order valence-corrected chi connectivity index (χ0v) is 34.2. The van der Waals surface area contributed by atoms with Crippen molar-refractivity contribution in [3.8, 4) is 62.1 Å². The van der Waals surface area contributed by atoms with Crippen LogP contribution in [0.2, 0.25) is 0 Å². The minimum absolute atomic E-state index is 0.0127. The maximum Gasteiger partial charge on any atom is 0.167 e. The monoisotopic (exact) mass is 820 g/mol. The van der Waals surface area contributed by atoms with Crippen molar-refractivity contribution in [3.05, 3.63) is 218 Å². The molecule has 0 bridgehead atoms. The summed E-state index contributed by atoms with van der Waals surface area (Å²) in [5.41, 5.74) is 8.36. The minimum Gasteiger partial charge on any atom is -0.455 e. The zero-order valence-electron chi connectivity index (χ0n) is 38.2. The van der Waals surface area contributed by atoms with Gasteiger partial charge in [-0.15, -0.1) is 0 Å². The second-order valence-electron chi connectivity index (χ2n) is 16.0. The Bertz CT molecular complexity index is 4120. The lowest BCUT2D eigenvalue weighted by Gasteiger charge is -2.13. The molecule has 0 fully saturated rings. The number of fused-ring (bicyclic) bond motifs is 9. The molecule has 0 aliphatic carbocycles. The molecule has 0 aliphatic heterocycles.